The molecule has 0 radical (unpaired) electrons. The van der Waals surface area contributed by atoms with Gasteiger partial charge in [-0.25, -0.2) is 0 Å². The fraction of sp³-hybridized carbons (Fsp3) is 0.188. The van der Waals surface area contributed by atoms with Crippen LogP contribution in [0.1, 0.15) is 15.9 Å². The van der Waals surface area contributed by atoms with Gasteiger partial charge >= 0.3 is 6.18 Å². The van der Waals surface area contributed by atoms with E-state index in [1.54, 1.807) is 24.3 Å². The maximum Gasteiger partial charge on any atom is 0.416 e. The van der Waals surface area contributed by atoms with Crippen LogP contribution in [0, 0.1) is 0 Å². The predicted molar refractivity (Wildman–Crippen MR) is 85.2 cm³/mol. The van der Waals surface area contributed by atoms with Crippen LogP contribution in [0.5, 0.6) is 0 Å². The molecular weight excluding hydrogens is 329 g/mol. The highest BCUT2D eigenvalue weighted by Crippen LogP contribution is 2.34. The summed E-state index contributed by atoms with van der Waals surface area (Å²) in [4.78, 5) is 14.0. The van der Waals surface area contributed by atoms with E-state index in [4.69, 9.17) is 11.6 Å². The van der Waals surface area contributed by atoms with Crippen molar-refractivity contribution >= 4 is 28.9 Å². The molecule has 23 heavy (non-hydrogen) atoms. The quantitative estimate of drug-likeness (QED) is 0.878. The molecule has 0 aliphatic carbocycles. The van der Waals surface area contributed by atoms with Crippen LogP contribution >= 0.6 is 11.6 Å². The highest BCUT2D eigenvalue weighted by molar-refractivity contribution is 6.34. The molecule has 0 unspecified atom stereocenters. The van der Waals surface area contributed by atoms with Crippen LogP contribution in [0.3, 0.4) is 0 Å². The predicted octanol–water partition coefficient (Wildman–Crippen LogP) is 4.68. The number of hydrogen-bond donors (Lipinski definition) is 1. The second-order valence-corrected chi connectivity index (χ2v) is 5.50. The number of carbonyl (C=O) groups is 1. The molecule has 0 aliphatic heterocycles. The van der Waals surface area contributed by atoms with Gasteiger partial charge in [0.2, 0.25) is 0 Å². The van der Waals surface area contributed by atoms with Gasteiger partial charge in [0.1, 0.15) is 0 Å². The van der Waals surface area contributed by atoms with Gasteiger partial charge in [-0.3, -0.25) is 4.79 Å². The van der Waals surface area contributed by atoms with Gasteiger partial charge in [0.25, 0.3) is 5.91 Å². The van der Waals surface area contributed by atoms with Crippen LogP contribution in [0.15, 0.2) is 42.5 Å². The highest BCUT2D eigenvalue weighted by atomic mass is 35.5. The summed E-state index contributed by atoms with van der Waals surface area (Å²) in [6.45, 7) is 0. The molecule has 0 spiro atoms. The minimum atomic E-state index is -4.50. The largest absolute Gasteiger partial charge is 0.416 e. The third kappa shape index (κ3) is 4.16. The number of halogens is 4. The second kappa shape index (κ2) is 6.50. The number of amides is 1. The number of nitrogens with zero attached hydrogens (tertiary/aromatic N) is 1. The van der Waals surface area contributed by atoms with Crippen molar-refractivity contribution in [3.63, 3.8) is 0 Å². The van der Waals surface area contributed by atoms with Crippen LogP contribution in [0.2, 0.25) is 5.02 Å². The lowest BCUT2D eigenvalue weighted by Gasteiger charge is -2.14. The molecular formula is C16H14ClF3N2O. The molecule has 3 nitrogen and oxygen atoms in total. The normalized spacial score (nSPS) is 11.2. The molecule has 0 atom stereocenters. The zero-order valence-corrected chi connectivity index (χ0v) is 13.2. The summed E-state index contributed by atoms with van der Waals surface area (Å²) in [5.74, 6) is -0.531. The Morgan fingerprint density at radius 1 is 1.09 bits per heavy atom. The molecule has 0 aliphatic rings. The van der Waals surface area contributed by atoms with E-state index in [0.717, 1.165) is 23.9 Å². The van der Waals surface area contributed by atoms with Crippen LogP contribution in [-0.4, -0.2) is 20.0 Å². The van der Waals surface area contributed by atoms with Gasteiger partial charge in [-0.15, -0.1) is 0 Å². The molecule has 2 rings (SSSR count). The standard InChI is InChI=1S/C16H14ClF3N2O/c1-22(2)12-6-3-10(4-7-12)15(23)21-14-9-11(16(18,19)20)5-8-13(14)17/h3-9H,1-2H3,(H,21,23). The summed E-state index contributed by atoms with van der Waals surface area (Å²) in [5.41, 5.74) is 0.270. The maximum atomic E-state index is 12.7. The molecule has 0 aromatic heterocycles. The molecule has 0 saturated heterocycles. The SMILES string of the molecule is CN(C)c1ccc(C(=O)Nc2cc(C(F)(F)F)ccc2Cl)cc1. The molecule has 2 aromatic rings. The summed E-state index contributed by atoms with van der Waals surface area (Å²) in [7, 11) is 3.72. The second-order valence-electron chi connectivity index (χ2n) is 5.09. The van der Waals surface area contributed by atoms with E-state index in [1.807, 2.05) is 19.0 Å². The molecule has 1 amide bonds. The third-order valence-corrected chi connectivity index (χ3v) is 3.52. The van der Waals surface area contributed by atoms with Crippen molar-refractivity contribution in [3.8, 4) is 0 Å². The summed E-state index contributed by atoms with van der Waals surface area (Å²) in [6, 6.07) is 9.44. The topological polar surface area (TPSA) is 32.3 Å². The molecule has 122 valence electrons. The Balaban J connectivity index is 2.23. The van der Waals surface area contributed by atoms with Gasteiger partial charge in [-0.2, -0.15) is 13.2 Å². The Morgan fingerprint density at radius 3 is 2.22 bits per heavy atom. The van der Waals surface area contributed by atoms with Gasteiger partial charge in [0, 0.05) is 25.3 Å². The first kappa shape index (κ1) is 17.1. The van der Waals surface area contributed by atoms with E-state index in [-0.39, 0.29) is 10.7 Å². The Kier molecular flexibility index (Phi) is 4.85. The summed E-state index contributed by atoms with van der Waals surface area (Å²) in [6.07, 6.45) is -4.50. The van der Waals surface area contributed by atoms with E-state index < -0.39 is 17.6 Å². The molecule has 0 fully saturated rings. The lowest BCUT2D eigenvalue weighted by atomic mass is 10.1. The molecule has 0 bridgehead atoms. The van der Waals surface area contributed by atoms with Crippen molar-refractivity contribution in [1.82, 2.24) is 0 Å². The van der Waals surface area contributed by atoms with E-state index >= 15 is 0 Å². The number of anilines is 2. The van der Waals surface area contributed by atoms with Crippen molar-refractivity contribution in [2.24, 2.45) is 0 Å². The van der Waals surface area contributed by atoms with Crippen molar-refractivity contribution < 1.29 is 18.0 Å². The Bertz CT molecular complexity index is 712. The van der Waals surface area contributed by atoms with Gasteiger partial charge < -0.3 is 10.2 Å². The Labute approximate surface area is 136 Å². The molecule has 7 heteroatoms. The number of hydrogen-bond acceptors (Lipinski definition) is 2. The lowest BCUT2D eigenvalue weighted by molar-refractivity contribution is -0.137. The number of rotatable bonds is 3. The van der Waals surface area contributed by atoms with Crippen molar-refractivity contribution in [1.29, 1.82) is 0 Å². The van der Waals surface area contributed by atoms with E-state index in [9.17, 15) is 18.0 Å². The summed E-state index contributed by atoms with van der Waals surface area (Å²) in [5, 5.41) is 2.44. The third-order valence-electron chi connectivity index (χ3n) is 3.19. The molecule has 0 heterocycles. The van der Waals surface area contributed by atoms with E-state index in [0.29, 0.717) is 5.56 Å². The van der Waals surface area contributed by atoms with E-state index in [2.05, 4.69) is 5.32 Å². The van der Waals surface area contributed by atoms with Crippen molar-refractivity contribution in [2.45, 2.75) is 6.18 Å². The van der Waals surface area contributed by atoms with E-state index in [1.165, 1.54) is 0 Å². The van der Waals surface area contributed by atoms with Gasteiger partial charge in [0.15, 0.2) is 0 Å². The van der Waals surface area contributed by atoms with Gasteiger partial charge in [-0.1, -0.05) is 11.6 Å². The number of nitrogens with one attached hydrogen (secondary N) is 1. The highest BCUT2D eigenvalue weighted by Gasteiger charge is 2.31. The fourth-order valence-electron chi connectivity index (χ4n) is 1.90. The summed E-state index contributed by atoms with van der Waals surface area (Å²) >= 11 is 5.86. The van der Waals surface area contributed by atoms with Gasteiger partial charge in [0.05, 0.1) is 16.3 Å². The molecule has 2 aromatic carbocycles. The number of alkyl halides is 3. The van der Waals surface area contributed by atoms with Crippen molar-refractivity contribution in [2.75, 3.05) is 24.3 Å². The minimum absolute atomic E-state index is 0.0382. The average molecular weight is 343 g/mol. The fourth-order valence-corrected chi connectivity index (χ4v) is 2.07. The van der Waals surface area contributed by atoms with Crippen LogP contribution in [0.4, 0.5) is 24.5 Å². The smallest absolute Gasteiger partial charge is 0.378 e. The Morgan fingerprint density at radius 2 is 1.70 bits per heavy atom. The van der Waals surface area contributed by atoms with Crippen LogP contribution < -0.4 is 10.2 Å². The molecule has 0 saturated carbocycles. The zero-order valence-electron chi connectivity index (χ0n) is 12.4. The first-order chi connectivity index (χ1) is 10.7. The van der Waals surface area contributed by atoms with Gasteiger partial charge in [-0.05, 0) is 42.5 Å². The minimum Gasteiger partial charge on any atom is -0.378 e. The van der Waals surface area contributed by atoms with Crippen molar-refractivity contribution in [3.05, 3.63) is 58.6 Å². The first-order valence-corrected chi connectivity index (χ1v) is 7.02. The van der Waals surface area contributed by atoms with Crippen LogP contribution in [-0.2, 0) is 6.18 Å². The monoisotopic (exact) mass is 342 g/mol. The lowest BCUT2D eigenvalue weighted by Crippen LogP contribution is -2.14. The maximum absolute atomic E-state index is 12.7. The van der Waals surface area contributed by atoms with Crippen LogP contribution in [0.25, 0.3) is 0 Å². The number of carbonyl (C=O) groups excluding carboxylic acids is 1. The summed E-state index contributed by atoms with van der Waals surface area (Å²) < 4.78 is 38.2. The molecule has 1 N–H and O–H groups in total. The average Bonchev–Trinajstić information content (AvgIpc) is 2.48. The first-order valence-electron chi connectivity index (χ1n) is 6.64. The zero-order chi connectivity index (χ0) is 17.2. The Hall–Kier alpha value is -2.21. The number of benzene rings is 2.